The monoisotopic (exact) mass is 502 g/mol. The summed E-state index contributed by atoms with van der Waals surface area (Å²) in [5.41, 5.74) is 4.70. The predicted molar refractivity (Wildman–Crippen MR) is 140 cm³/mol. The highest BCUT2D eigenvalue weighted by atomic mass is 32.1. The fourth-order valence-electron chi connectivity index (χ4n) is 3.89. The molecule has 1 atom stereocenters. The third-order valence-electron chi connectivity index (χ3n) is 5.74. The molecule has 1 unspecified atom stereocenters. The van der Waals surface area contributed by atoms with Crippen LogP contribution in [0.3, 0.4) is 0 Å². The number of benzene rings is 3. The molecular formula is C27H26N4O4S. The van der Waals surface area contributed by atoms with Gasteiger partial charge in [-0.2, -0.15) is 0 Å². The van der Waals surface area contributed by atoms with Crippen LogP contribution in [0.4, 0.5) is 5.69 Å². The summed E-state index contributed by atoms with van der Waals surface area (Å²) in [5, 5.41) is 4.24. The first-order valence-electron chi connectivity index (χ1n) is 11.5. The summed E-state index contributed by atoms with van der Waals surface area (Å²) >= 11 is 5.58. The second-order valence-electron chi connectivity index (χ2n) is 8.14. The number of hydrazine groups is 1. The number of carbonyl (C=O) groups is 3. The SMILES string of the molecule is COc1cccc(C(=O)NN2C(=S)N(c3ccccc3)C(=O)C2CC(=O)NCCc2ccccc2)c1. The standard InChI is InChI=1S/C27H26N4O4S/c1-35-22-14-8-11-20(17-22)25(33)29-31-23(18-24(32)28-16-15-19-9-4-2-5-10-19)26(34)30(27(31)36)21-12-6-3-7-13-21/h2-14,17,23H,15-16,18H2,1H3,(H,28,32)(H,29,33). The molecule has 0 aromatic heterocycles. The molecule has 4 rings (SSSR count). The van der Waals surface area contributed by atoms with Gasteiger partial charge in [0.1, 0.15) is 11.8 Å². The van der Waals surface area contributed by atoms with Crippen LogP contribution in [0, 0.1) is 0 Å². The molecule has 0 spiro atoms. The average Bonchev–Trinajstić information content (AvgIpc) is 3.13. The molecule has 1 saturated heterocycles. The Kier molecular flexibility index (Phi) is 7.92. The van der Waals surface area contributed by atoms with Crippen molar-refractivity contribution in [1.82, 2.24) is 15.8 Å². The second-order valence-corrected chi connectivity index (χ2v) is 8.51. The molecule has 3 amide bonds. The number of ether oxygens (including phenoxy) is 1. The predicted octanol–water partition coefficient (Wildman–Crippen LogP) is 3.09. The summed E-state index contributed by atoms with van der Waals surface area (Å²) in [6.07, 6.45) is 0.492. The number of methoxy groups -OCH3 is 1. The van der Waals surface area contributed by atoms with E-state index >= 15 is 0 Å². The molecule has 1 heterocycles. The highest BCUT2D eigenvalue weighted by molar-refractivity contribution is 7.80. The number of thiocarbonyl (C=S) groups is 1. The molecule has 8 nitrogen and oxygen atoms in total. The van der Waals surface area contributed by atoms with Crippen molar-refractivity contribution in [2.45, 2.75) is 18.9 Å². The van der Waals surface area contributed by atoms with Crippen LogP contribution >= 0.6 is 12.2 Å². The molecule has 0 aliphatic carbocycles. The van der Waals surface area contributed by atoms with E-state index in [0.29, 0.717) is 30.0 Å². The van der Waals surface area contributed by atoms with Gasteiger partial charge in [0.25, 0.3) is 11.8 Å². The quantitative estimate of drug-likeness (QED) is 0.437. The smallest absolute Gasteiger partial charge is 0.270 e. The first kappa shape index (κ1) is 24.9. The van der Waals surface area contributed by atoms with E-state index in [1.807, 2.05) is 36.4 Å². The Bertz CT molecular complexity index is 1250. The normalized spacial score (nSPS) is 15.1. The van der Waals surface area contributed by atoms with Gasteiger partial charge >= 0.3 is 0 Å². The zero-order valence-corrected chi connectivity index (χ0v) is 20.5. The van der Waals surface area contributed by atoms with E-state index < -0.39 is 17.9 Å². The van der Waals surface area contributed by atoms with E-state index in [4.69, 9.17) is 17.0 Å². The minimum Gasteiger partial charge on any atom is -0.497 e. The summed E-state index contributed by atoms with van der Waals surface area (Å²) in [7, 11) is 1.51. The number of anilines is 1. The van der Waals surface area contributed by atoms with Crippen molar-refractivity contribution in [1.29, 1.82) is 0 Å². The topological polar surface area (TPSA) is 91.0 Å². The summed E-state index contributed by atoms with van der Waals surface area (Å²) in [5.74, 6) is -0.672. The van der Waals surface area contributed by atoms with Gasteiger partial charge in [-0.25, -0.2) is 5.01 Å². The van der Waals surface area contributed by atoms with Crippen LogP contribution in [0.5, 0.6) is 5.75 Å². The summed E-state index contributed by atoms with van der Waals surface area (Å²) in [4.78, 5) is 40.6. The first-order chi connectivity index (χ1) is 17.5. The van der Waals surface area contributed by atoms with Gasteiger partial charge in [0.2, 0.25) is 11.0 Å². The summed E-state index contributed by atoms with van der Waals surface area (Å²) in [6.45, 7) is 0.423. The number of rotatable bonds is 9. The van der Waals surface area contributed by atoms with Gasteiger partial charge in [0.05, 0.1) is 19.2 Å². The zero-order valence-electron chi connectivity index (χ0n) is 19.7. The van der Waals surface area contributed by atoms with E-state index in [2.05, 4.69) is 10.7 Å². The number of nitrogens with zero attached hydrogens (tertiary/aromatic N) is 2. The number of hydrogen-bond acceptors (Lipinski definition) is 5. The Balaban J connectivity index is 1.50. The van der Waals surface area contributed by atoms with Crippen molar-refractivity contribution in [2.24, 2.45) is 0 Å². The Labute approximate surface area is 214 Å². The first-order valence-corrected chi connectivity index (χ1v) is 11.9. The van der Waals surface area contributed by atoms with Gasteiger partial charge in [-0.15, -0.1) is 0 Å². The Morgan fingerprint density at radius 2 is 1.67 bits per heavy atom. The number of para-hydroxylation sites is 1. The molecule has 0 bridgehead atoms. The van der Waals surface area contributed by atoms with Crippen LogP contribution in [0.25, 0.3) is 0 Å². The van der Waals surface area contributed by atoms with Gasteiger partial charge in [0.15, 0.2) is 0 Å². The maximum absolute atomic E-state index is 13.4. The fourth-order valence-corrected chi connectivity index (χ4v) is 4.26. The molecule has 2 N–H and O–H groups in total. The molecule has 0 radical (unpaired) electrons. The minimum absolute atomic E-state index is 0.0875. The maximum Gasteiger partial charge on any atom is 0.270 e. The Morgan fingerprint density at radius 1 is 0.972 bits per heavy atom. The van der Waals surface area contributed by atoms with Crippen LogP contribution in [0.1, 0.15) is 22.3 Å². The van der Waals surface area contributed by atoms with E-state index in [-0.39, 0.29) is 17.4 Å². The van der Waals surface area contributed by atoms with Crippen molar-refractivity contribution >= 4 is 40.7 Å². The van der Waals surface area contributed by atoms with Crippen LogP contribution in [-0.2, 0) is 16.0 Å². The van der Waals surface area contributed by atoms with Crippen molar-refractivity contribution in [2.75, 3.05) is 18.6 Å². The van der Waals surface area contributed by atoms with Crippen LogP contribution in [-0.4, -0.2) is 47.5 Å². The third-order valence-corrected chi connectivity index (χ3v) is 6.12. The molecule has 1 aliphatic heterocycles. The van der Waals surface area contributed by atoms with Crippen molar-refractivity contribution in [3.8, 4) is 5.75 Å². The Hall–Kier alpha value is -4.24. The summed E-state index contributed by atoms with van der Waals surface area (Å²) in [6, 6.07) is 24.3. The maximum atomic E-state index is 13.4. The highest BCUT2D eigenvalue weighted by Gasteiger charge is 2.45. The largest absolute Gasteiger partial charge is 0.497 e. The van der Waals surface area contributed by atoms with Crippen molar-refractivity contribution in [3.05, 3.63) is 96.1 Å². The minimum atomic E-state index is -0.996. The lowest BCUT2D eigenvalue weighted by Gasteiger charge is -2.24. The van der Waals surface area contributed by atoms with Gasteiger partial charge in [0, 0.05) is 12.1 Å². The molecule has 3 aromatic carbocycles. The number of nitrogens with one attached hydrogen (secondary N) is 2. The summed E-state index contributed by atoms with van der Waals surface area (Å²) < 4.78 is 5.20. The van der Waals surface area contributed by atoms with E-state index in [9.17, 15) is 14.4 Å². The fraction of sp³-hybridized carbons (Fsp3) is 0.185. The molecule has 9 heteroatoms. The molecule has 36 heavy (non-hydrogen) atoms. The lowest BCUT2D eigenvalue weighted by atomic mass is 10.1. The average molecular weight is 503 g/mol. The second kappa shape index (κ2) is 11.5. The molecule has 1 fully saturated rings. The zero-order chi connectivity index (χ0) is 25.5. The van der Waals surface area contributed by atoms with Crippen molar-refractivity contribution in [3.63, 3.8) is 0 Å². The van der Waals surface area contributed by atoms with E-state index in [1.165, 1.54) is 17.0 Å². The lowest BCUT2D eigenvalue weighted by molar-refractivity contribution is -0.127. The van der Waals surface area contributed by atoms with E-state index in [1.54, 1.807) is 48.5 Å². The van der Waals surface area contributed by atoms with Crippen LogP contribution < -0.4 is 20.4 Å². The van der Waals surface area contributed by atoms with Gasteiger partial charge in [-0.1, -0.05) is 54.6 Å². The third kappa shape index (κ3) is 5.69. The highest BCUT2D eigenvalue weighted by Crippen LogP contribution is 2.26. The van der Waals surface area contributed by atoms with Gasteiger partial charge in [-0.05, 0) is 54.5 Å². The Morgan fingerprint density at radius 3 is 2.36 bits per heavy atom. The number of amides is 3. The molecule has 0 saturated carbocycles. The molecular weight excluding hydrogens is 476 g/mol. The number of carbonyl (C=O) groups excluding carboxylic acids is 3. The van der Waals surface area contributed by atoms with E-state index in [0.717, 1.165) is 5.56 Å². The molecule has 3 aromatic rings. The number of hydrogen-bond donors (Lipinski definition) is 2. The van der Waals surface area contributed by atoms with Crippen molar-refractivity contribution < 1.29 is 19.1 Å². The van der Waals surface area contributed by atoms with Gasteiger partial charge in [-0.3, -0.25) is 24.7 Å². The van der Waals surface area contributed by atoms with Gasteiger partial charge < -0.3 is 10.1 Å². The van der Waals surface area contributed by atoms with Crippen LogP contribution in [0.2, 0.25) is 0 Å². The molecule has 1 aliphatic rings. The molecule has 184 valence electrons. The lowest BCUT2D eigenvalue weighted by Crippen LogP contribution is -2.50. The van der Waals surface area contributed by atoms with Crippen LogP contribution in [0.15, 0.2) is 84.9 Å².